The van der Waals surface area contributed by atoms with Crippen LogP contribution in [0.25, 0.3) is 0 Å². The first-order chi connectivity index (χ1) is 9.84. The molecular weight excluding hydrogens is 248 g/mol. The van der Waals surface area contributed by atoms with E-state index in [1.54, 1.807) is 0 Å². The van der Waals surface area contributed by atoms with Crippen LogP contribution in [0.3, 0.4) is 0 Å². The van der Waals surface area contributed by atoms with Crippen LogP contribution in [-0.4, -0.2) is 36.5 Å². The van der Waals surface area contributed by atoms with Crippen molar-refractivity contribution in [2.24, 2.45) is 5.92 Å². The second kappa shape index (κ2) is 6.40. The predicted octanol–water partition coefficient (Wildman–Crippen LogP) is 2.22. The van der Waals surface area contributed by atoms with Crippen LogP contribution < -0.4 is 5.32 Å². The summed E-state index contributed by atoms with van der Waals surface area (Å²) < 4.78 is 0. The standard InChI is InChI=1S/C17H24N2O/c20-17(15-8-10-18-11-9-15)19-12-4-7-16(19)13-14-5-2-1-3-6-14/h1-3,5-6,15-16,18H,4,7-13H2. The number of piperidine rings is 1. The molecular formula is C17H24N2O. The molecule has 20 heavy (non-hydrogen) atoms. The molecule has 0 spiro atoms. The Labute approximate surface area is 121 Å². The summed E-state index contributed by atoms with van der Waals surface area (Å²) >= 11 is 0. The van der Waals surface area contributed by atoms with Crippen molar-refractivity contribution in [1.82, 2.24) is 10.2 Å². The lowest BCUT2D eigenvalue weighted by atomic mass is 9.95. The van der Waals surface area contributed by atoms with E-state index < -0.39 is 0 Å². The smallest absolute Gasteiger partial charge is 0.226 e. The van der Waals surface area contributed by atoms with Crippen molar-refractivity contribution >= 4 is 5.91 Å². The molecule has 2 fully saturated rings. The Morgan fingerprint density at radius 2 is 1.90 bits per heavy atom. The van der Waals surface area contributed by atoms with E-state index in [2.05, 4.69) is 40.5 Å². The fourth-order valence-electron chi connectivity index (χ4n) is 3.53. The molecule has 1 unspecified atom stereocenters. The van der Waals surface area contributed by atoms with E-state index in [9.17, 15) is 4.79 Å². The SMILES string of the molecule is O=C(C1CCNCC1)N1CCCC1Cc1ccccc1. The lowest BCUT2D eigenvalue weighted by molar-refractivity contribution is -0.137. The van der Waals surface area contributed by atoms with Crippen LogP contribution in [0.4, 0.5) is 0 Å². The van der Waals surface area contributed by atoms with Gasteiger partial charge in [-0.05, 0) is 50.8 Å². The maximum Gasteiger partial charge on any atom is 0.226 e. The van der Waals surface area contributed by atoms with Gasteiger partial charge >= 0.3 is 0 Å². The maximum atomic E-state index is 12.7. The summed E-state index contributed by atoms with van der Waals surface area (Å²) in [6.07, 6.45) is 5.35. The summed E-state index contributed by atoms with van der Waals surface area (Å²) in [6.45, 7) is 2.95. The van der Waals surface area contributed by atoms with E-state index in [1.165, 1.54) is 5.56 Å². The third kappa shape index (κ3) is 3.04. The van der Waals surface area contributed by atoms with Crippen LogP contribution in [0, 0.1) is 5.92 Å². The van der Waals surface area contributed by atoms with Crippen LogP contribution in [0.5, 0.6) is 0 Å². The number of nitrogens with zero attached hydrogens (tertiary/aromatic N) is 1. The van der Waals surface area contributed by atoms with Crippen molar-refractivity contribution in [1.29, 1.82) is 0 Å². The van der Waals surface area contributed by atoms with Gasteiger partial charge in [0.1, 0.15) is 0 Å². The molecule has 2 heterocycles. The average molecular weight is 272 g/mol. The number of carbonyl (C=O) groups excluding carboxylic acids is 1. The highest BCUT2D eigenvalue weighted by Crippen LogP contribution is 2.25. The second-order valence-electron chi connectivity index (χ2n) is 6.04. The minimum atomic E-state index is 0.257. The molecule has 0 radical (unpaired) electrons. The number of hydrogen-bond donors (Lipinski definition) is 1. The van der Waals surface area contributed by atoms with Crippen molar-refractivity contribution in [3.63, 3.8) is 0 Å². The maximum absolute atomic E-state index is 12.7. The quantitative estimate of drug-likeness (QED) is 0.915. The van der Waals surface area contributed by atoms with Gasteiger partial charge in [0.2, 0.25) is 5.91 Å². The Morgan fingerprint density at radius 3 is 2.65 bits per heavy atom. The van der Waals surface area contributed by atoms with Crippen molar-refractivity contribution in [3.05, 3.63) is 35.9 Å². The van der Waals surface area contributed by atoms with E-state index >= 15 is 0 Å². The lowest BCUT2D eigenvalue weighted by Gasteiger charge is -2.31. The Hall–Kier alpha value is -1.35. The molecule has 3 nitrogen and oxygen atoms in total. The van der Waals surface area contributed by atoms with Crippen LogP contribution >= 0.6 is 0 Å². The summed E-state index contributed by atoms with van der Waals surface area (Å²) in [5, 5.41) is 3.34. The number of hydrogen-bond acceptors (Lipinski definition) is 2. The molecule has 2 aliphatic rings. The van der Waals surface area contributed by atoms with Crippen molar-refractivity contribution in [3.8, 4) is 0 Å². The summed E-state index contributed by atoms with van der Waals surface area (Å²) in [5.74, 6) is 0.664. The number of benzene rings is 1. The number of rotatable bonds is 3. The first-order valence-electron chi connectivity index (χ1n) is 7.90. The minimum Gasteiger partial charge on any atom is -0.339 e. The predicted molar refractivity (Wildman–Crippen MR) is 80.5 cm³/mol. The van der Waals surface area contributed by atoms with Crippen molar-refractivity contribution in [2.75, 3.05) is 19.6 Å². The third-order valence-electron chi connectivity index (χ3n) is 4.66. The minimum absolute atomic E-state index is 0.257. The van der Waals surface area contributed by atoms with E-state index in [0.29, 0.717) is 11.9 Å². The first-order valence-corrected chi connectivity index (χ1v) is 7.90. The Kier molecular flexibility index (Phi) is 4.36. The fourth-order valence-corrected chi connectivity index (χ4v) is 3.53. The number of nitrogens with one attached hydrogen (secondary N) is 1. The number of amides is 1. The Morgan fingerprint density at radius 1 is 1.15 bits per heavy atom. The molecule has 1 aromatic rings. The summed E-state index contributed by atoms with van der Waals surface area (Å²) in [6, 6.07) is 11.0. The highest BCUT2D eigenvalue weighted by molar-refractivity contribution is 5.79. The van der Waals surface area contributed by atoms with E-state index in [-0.39, 0.29) is 5.92 Å². The molecule has 2 aliphatic heterocycles. The zero-order chi connectivity index (χ0) is 13.8. The molecule has 0 aromatic heterocycles. The van der Waals surface area contributed by atoms with Gasteiger partial charge in [0.05, 0.1) is 0 Å². The highest BCUT2D eigenvalue weighted by Gasteiger charge is 2.33. The van der Waals surface area contributed by atoms with Crippen molar-refractivity contribution in [2.45, 2.75) is 38.1 Å². The highest BCUT2D eigenvalue weighted by atomic mass is 16.2. The van der Waals surface area contributed by atoms with Gasteiger partial charge < -0.3 is 10.2 Å². The van der Waals surface area contributed by atoms with Gasteiger partial charge in [-0.2, -0.15) is 0 Å². The third-order valence-corrected chi connectivity index (χ3v) is 4.66. The van der Waals surface area contributed by atoms with E-state index in [4.69, 9.17) is 0 Å². The van der Waals surface area contributed by atoms with Gasteiger partial charge in [0.15, 0.2) is 0 Å². The monoisotopic (exact) mass is 272 g/mol. The topological polar surface area (TPSA) is 32.3 Å². The van der Waals surface area contributed by atoms with Crippen molar-refractivity contribution < 1.29 is 4.79 Å². The van der Waals surface area contributed by atoms with Gasteiger partial charge in [0.25, 0.3) is 0 Å². The summed E-state index contributed by atoms with van der Waals surface area (Å²) in [4.78, 5) is 14.9. The normalized spacial score (nSPS) is 24.0. The Balaban J connectivity index is 1.64. The van der Waals surface area contributed by atoms with Crippen LogP contribution in [0.1, 0.15) is 31.2 Å². The molecule has 1 amide bonds. The number of likely N-dealkylation sites (tertiary alicyclic amines) is 1. The van der Waals surface area contributed by atoms with Gasteiger partial charge in [-0.3, -0.25) is 4.79 Å². The fraction of sp³-hybridized carbons (Fsp3) is 0.588. The molecule has 108 valence electrons. The van der Waals surface area contributed by atoms with Gasteiger partial charge in [-0.25, -0.2) is 0 Å². The van der Waals surface area contributed by atoms with Gasteiger partial charge in [-0.15, -0.1) is 0 Å². The van der Waals surface area contributed by atoms with Crippen LogP contribution in [0.2, 0.25) is 0 Å². The largest absolute Gasteiger partial charge is 0.339 e. The molecule has 1 aromatic carbocycles. The molecule has 3 rings (SSSR count). The van der Waals surface area contributed by atoms with E-state index in [0.717, 1.165) is 51.7 Å². The lowest BCUT2D eigenvalue weighted by Crippen LogP contribution is -2.43. The molecule has 3 heteroatoms. The van der Waals surface area contributed by atoms with Gasteiger partial charge in [0, 0.05) is 18.5 Å². The average Bonchev–Trinajstić information content (AvgIpc) is 2.96. The molecule has 2 saturated heterocycles. The first kappa shape index (κ1) is 13.6. The zero-order valence-corrected chi connectivity index (χ0v) is 12.1. The Bertz CT molecular complexity index is 440. The zero-order valence-electron chi connectivity index (χ0n) is 12.1. The van der Waals surface area contributed by atoms with E-state index in [1.807, 2.05) is 0 Å². The molecule has 0 aliphatic carbocycles. The summed E-state index contributed by atoms with van der Waals surface area (Å²) in [7, 11) is 0. The number of carbonyl (C=O) groups is 1. The summed E-state index contributed by atoms with van der Waals surface area (Å²) in [5.41, 5.74) is 1.35. The van der Waals surface area contributed by atoms with Crippen LogP contribution in [-0.2, 0) is 11.2 Å². The molecule has 1 N–H and O–H groups in total. The van der Waals surface area contributed by atoms with Crippen LogP contribution in [0.15, 0.2) is 30.3 Å². The molecule has 0 saturated carbocycles. The van der Waals surface area contributed by atoms with Gasteiger partial charge in [-0.1, -0.05) is 30.3 Å². The molecule has 0 bridgehead atoms. The molecule has 1 atom stereocenters. The second-order valence-corrected chi connectivity index (χ2v) is 6.04.